The third kappa shape index (κ3) is 2.00. The molecule has 1 aromatic carbocycles. The predicted octanol–water partition coefficient (Wildman–Crippen LogP) is 1.37. The van der Waals surface area contributed by atoms with Crippen molar-refractivity contribution in [1.82, 2.24) is 0 Å². The molecule has 0 saturated carbocycles. The van der Waals surface area contributed by atoms with E-state index in [9.17, 15) is 14.5 Å². The molecule has 0 radical (unpaired) electrons. The van der Waals surface area contributed by atoms with Crippen LogP contribution in [0, 0.1) is 4.91 Å². The van der Waals surface area contributed by atoms with Gasteiger partial charge in [-0.3, -0.25) is 4.79 Å². The maximum absolute atomic E-state index is 11.8. The second kappa shape index (κ2) is 4.40. The number of hydrazine groups is 1. The second-order valence-electron chi connectivity index (χ2n) is 3.85. The molecule has 0 atom stereocenters. The van der Waals surface area contributed by atoms with E-state index in [2.05, 4.69) is 0 Å². The Bertz CT molecular complexity index is 560. The van der Waals surface area contributed by atoms with E-state index in [-0.39, 0.29) is 17.0 Å². The molecule has 1 aliphatic heterocycles. The van der Waals surface area contributed by atoms with Crippen LogP contribution in [-0.4, -0.2) is 28.3 Å². The van der Waals surface area contributed by atoms with Gasteiger partial charge in [-0.1, -0.05) is 5.01 Å². The number of carboxylic acid groups (broad SMARTS) is 1. The van der Waals surface area contributed by atoms with E-state index in [1.54, 1.807) is 6.08 Å². The molecule has 0 bridgehead atoms. The highest BCUT2D eigenvalue weighted by Gasteiger charge is 2.37. The number of rotatable bonds is 3. The van der Waals surface area contributed by atoms with Crippen molar-refractivity contribution >= 4 is 17.4 Å². The zero-order valence-electron chi connectivity index (χ0n) is 9.66. The van der Waals surface area contributed by atoms with Gasteiger partial charge < -0.3 is 5.11 Å². The van der Waals surface area contributed by atoms with Crippen molar-refractivity contribution in [2.75, 3.05) is 11.6 Å². The van der Waals surface area contributed by atoms with Gasteiger partial charge in [-0.2, -0.15) is 0 Å². The summed E-state index contributed by atoms with van der Waals surface area (Å²) in [4.78, 5) is 34.2. The number of allylic oxidation sites excluding steroid dienone is 1. The summed E-state index contributed by atoms with van der Waals surface area (Å²) < 4.78 is 0. The van der Waals surface area contributed by atoms with Gasteiger partial charge in [-0.15, -0.1) is 0 Å². The van der Waals surface area contributed by atoms with E-state index in [0.717, 1.165) is 0 Å². The van der Waals surface area contributed by atoms with Gasteiger partial charge in [0, 0.05) is 13.0 Å². The fraction of sp³-hybridized carbons (Fsp3) is 0.167. The zero-order chi connectivity index (χ0) is 13.3. The summed E-state index contributed by atoms with van der Waals surface area (Å²) in [5.74, 6) is -1.32. The number of nitrogens with zero attached hydrogens (tertiary/aromatic N) is 2. The van der Waals surface area contributed by atoms with E-state index in [4.69, 9.17) is 5.11 Å². The number of Topliss-reactive ketones (excluding diaryl/α,β-unsaturated/α-hetero) is 1. The molecule has 2 rings (SSSR count). The lowest BCUT2D eigenvalue weighted by molar-refractivity contribution is -0.496. The Morgan fingerprint density at radius 1 is 1.28 bits per heavy atom. The van der Waals surface area contributed by atoms with Gasteiger partial charge in [0.25, 0.3) is 0 Å². The summed E-state index contributed by atoms with van der Waals surface area (Å²) >= 11 is 0. The van der Waals surface area contributed by atoms with Gasteiger partial charge in [-0.05, 0) is 24.3 Å². The Morgan fingerprint density at radius 3 is 2.33 bits per heavy atom. The van der Waals surface area contributed by atoms with Gasteiger partial charge in [-0.25, -0.2) is 4.79 Å². The van der Waals surface area contributed by atoms with E-state index >= 15 is 0 Å². The summed E-state index contributed by atoms with van der Waals surface area (Å²) in [6, 6.07) is 5.89. The number of nitroso groups, excluding NO2 is 1. The van der Waals surface area contributed by atoms with E-state index in [1.807, 2.05) is 0 Å². The van der Waals surface area contributed by atoms with E-state index < -0.39 is 5.97 Å². The summed E-state index contributed by atoms with van der Waals surface area (Å²) in [5, 5.41) is 10.1. The second-order valence-corrected chi connectivity index (χ2v) is 3.85. The molecule has 0 unspecified atom stereocenters. The molecule has 1 N–H and O–H groups in total. The van der Waals surface area contributed by atoms with Crippen LogP contribution in [0.3, 0.4) is 0 Å². The van der Waals surface area contributed by atoms with Crippen LogP contribution in [-0.2, 0) is 4.79 Å². The summed E-state index contributed by atoms with van der Waals surface area (Å²) in [6.45, 7) is 1.62. The molecule has 18 heavy (non-hydrogen) atoms. The number of carbonyl (C=O) groups excluding carboxylic acids is 1. The molecule has 0 amide bonds. The number of ketones is 1. The van der Waals surface area contributed by atoms with Crippen LogP contribution in [0.25, 0.3) is 0 Å². The first-order chi connectivity index (χ1) is 8.50. The Morgan fingerprint density at radius 2 is 1.89 bits per heavy atom. The molecular weight excluding hydrogens is 236 g/mol. The third-order valence-electron chi connectivity index (χ3n) is 2.66. The average molecular weight is 247 g/mol. The monoisotopic (exact) mass is 247 g/mol. The van der Waals surface area contributed by atoms with Crippen LogP contribution in [0.5, 0.6) is 0 Å². The molecule has 6 nitrogen and oxygen atoms in total. The molecule has 1 aromatic rings. The first-order valence-electron chi connectivity index (χ1n) is 5.30. The van der Waals surface area contributed by atoms with Gasteiger partial charge in [0.1, 0.15) is 12.2 Å². The smallest absolute Gasteiger partial charge is 0.335 e. The molecular formula is C12H11N2O4+. The fourth-order valence-electron chi connectivity index (χ4n) is 1.72. The highest BCUT2D eigenvalue weighted by Crippen LogP contribution is 2.21. The van der Waals surface area contributed by atoms with Crippen LogP contribution < -0.4 is 5.01 Å². The Balaban J connectivity index is 2.22. The highest BCUT2D eigenvalue weighted by atomic mass is 16.4. The minimum absolute atomic E-state index is 0.0947. The molecule has 0 spiro atoms. The molecule has 92 valence electrons. The normalized spacial score (nSPS) is 14.6. The zero-order valence-corrected chi connectivity index (χ0v) is 9.66. The number of carboxylic acids is 1. The minimum Gasteiger partial charge on any atom is -0.478 e. The largest absolute Gasteiger partial charge is 0.478 e. The van der Waals surface area contributed by atoms with Crippen molar-refractivity contribution in [3.63, 3.8) is 0 Å². The van der Waals surface area contributed by atoms with E-state index in [0.29, 0.717) is 17.1 Å². The fourth-order valence-corrected chi connectivity index (χ4v) is 1.72. The van der Waals surface area contributed by atoms with Crippen molar-refractivity contribution in [3.05, 3.63) is 46.5 Å². The van der Waals surface area contributed by atoms with Crippen LogP contribution >= 0.6 is 0 Å². The quantitative estimate of drug-likeness (QED) is 0.816. The molecule has 0 aromatic heterocycles. The van der Waals surface area contributed by atoms with Crippen LogP contribution in [0.15, 0.2) is 36.0 Å². The number of carbonyl (C=O) groups is 2. The number of anilines is 1. The van der Waals surface area contributed by atoms with Gasteiger partial charge >= 0.3 is 11.7 Å². The molecule has 6 heteroatoms. The van der Waals surface area contributed by atoms with Crippen molar-refractivity contribution in [2.24, 2.45) is 0 Å². The lowest BCUT2D eigenvalue weighted by Gasteiger charge is -2.07. The van der Waals surface area contributed by atoms with Crippen molar-refractivity contribution in [3.8, 4) is 0 Å². The molecule has 0 saturated heterocycles. The van der Waals surface area contributed by atoms with Crippen LogP contribution in [0.4, 0.5) is 5.69 Å². The SMILES string of the molecule is CC(=O)C1=CCN(c2ccc(C(=O)O)cc2)[N+]1=O. The molecule has 1 aliphatic rings. The van der Waals surface area contributed by atoms with Gasteiger partial charge in [0.05, 0.1) is 10.5 Å². The van der Waals surface area contributed by atoms with Crippen molar-refractivity contribution in [1.29, 1.82) is 0 Å². The Labute approximate surface area is 103 Å². The Kier molecular flexibility index (Phi) is 2.93. The summed E-state index contributed by atoms with van der Waals surface area (Å²) in [7, 11) is 0. The summed E-state index contributed by atoms with van der Waals surface area (Å²) in [5.41, 5.74) is 0.787. The first kappa shape index (κ1) is 12.0. The standard InChI is InChI=1S/C12H10N2O4/c1-8(15)11-6-7-13(14(11)18)10-4-2-9(3-5-10)12(16)17/h2-6H,7H2,1H3/p+1. The summed E-state index contributed by atoms with van der Waals surface area (Å²) in [6.07, 6.45) is 1.54. The molecule has 1 heterocycles. The van der Waals surface area contributed by atoms with Crippen LogP contribution in [0.1, 0.15) is 17.3 Å². The number of aromatic carboxylic acids is 1. The highest BCUT2D eigenvalue weighted by molar-refractivity contribution is 5.91. The minimum atomic E-state index is -1.02. The number of hydrogen-bond donors (Lipinski definition) is 1. The molecule has 0 fully saturated rings. The lowest BCUT2D eigenvalue weighted by atomic mass is 10.2. The van der Waals surface area contributed by atoms with Crippen molar-refractivity contribution < 1.29 is 19.6 Å². The maximum Gasteiger partial charge on any atom is 0.335 e. The van der Waals surface area contributed by atoms with Gasteiger partial charge in [0.15, 0.2) is 4.87 Å². The average Bonchev–Trinajstić information content (AvgIpc) is 2.71. The topological polar surface area (TPSA) is 77.7 Å². The number of benzene rings is 1. The molecule has 0 aliphatic carbocycles. The van der Waals surface area contributed by atoms with E-state index in [1.165, 1.54) is 36.2 Å². The maximum atomic E-state index is 11.8. The lowest BCUT2D eigenvalue weighted by Crippen LogP contribution is -2.28. The number of hydrogen-bond acceptors (Lipinski definition) is 3. The van der Waals surface area contributed by atoms with Crippen LogP contribution in [0.2, 0.25) is 0 Å². The van der Waals surface area contributed by atoms with Crippen molar-refractivity contribution in [2.45, 2.75) is 6.92 Å². The first-order valence-corrected chi connectivity index (χ1v) is 5.30. The third-order valence-corrected chi connectivity index (χ3v) is 2.66. The Hall–Kier alpha value is -2.50. The predicted molar refractivity (Wildman–Crippen MR) is 63.1 cm³/mol. The van der Waals surface area contributed by atoms with Gasteiger partial charge in [0.2, 0.25) is 5.78 Å².